The van der Waals surface area contributed by atoms with Crippen molar-refractivity contribution in [2.75, 3.05) is 6.61 Å². The predicted octanol–water partition coefficient (Wildman–Crippen LogP) is 2.20. The largest absolute Gasteiger partial charge is 0.395 e. The summed E-state index contributed by atoms with van der Waals surface area (Å²) in [6.07, 6.45) is 12.8. The van der Waals surface area contributed by atoms with Gasteiger partial charge in [0.25, 0.3) is 0 Å². The van der Waals surface area contributed by atoms with Gasteiger partial charge < -0.3 is 4.84 Å². The van der Waals surface area contributed by atoms with E-state index >= 15 is 0 Å². The fourth-order valence-corrected chi connectivity index (χ4v) is 1.39. The molecule has 1 rings (SSSR count). The van der Waals surface area contributed by atoms with E-state index in [1.807, 2.05) is 6.21 Å². The summed E-state index contributed by atoms with van der Waals surface area (Å²) in [6, 6.07) is 0. The van der Waals surface area contributed by atoms with Gasteiger partial charge in [-0.2, -0.15) is 0 Å². The van der Waals surface area contributed by atoms with Crippen molar-refractivity contribution in [2.24, 2.45) is 11.1 Å². The number of rotatable bonds is 4. The number of terminal acetylenes is 1. The molecule has 0 bridgehead atoms. The fourth-order valence-electron chi connectivity index (χ4n) is 1.39. The van der Waals surface area contributed by atoms with Crippen molar-refractivity contribution in [2.45, 2.75) is 32.1 Å². The van der Waals surface area contributed by atoms with Crippen LogP contribution in [0.4, 0.5) is 0 Å². The van der Waals surface area contributed by atoms with Gasteiger partial charge in [0.15, 0.2) is 0 Å². The lowest BCUT2D eigenvalue weighted by molar-refractivity contribution is 0.150. The lowest BCUT2D eigenvalue weighted by Crippen LogP contribution is -1.95. The van der Waals surface area contributed by atoms with Gasteiger partial charge in [-0.1, -0.05) is 18.0 Å². The van der Waals surface area contributed by atoms with Crippen molar-refractivity contribution >= 4 is 6.21 Å². The summed E-state index contributed by atoms with van der Waals surface area (Å²) in [6.45, 7) is 0.541. The lowest BCUT2D eigenvalue weighted by atomic mass is 10.1. The number of hydrogen-bond donors (Lipinski definition) is 0. The van der Waals surface area contributed by atoms with Crippen LogP contribution in [0.2, 0.25) is 0 Å². The normalized spacial score (nSPS) is 18.2. The molecule has 0 radical (unpaired) electrons. The Balaban J connectivity index is 2.01. The van der Waals surface area contributed by atoms with E-state index < -0.39 is 0 Å². The molecular formula is C10H15NO. The molecule has 0 aliphatic heterocycles. The standard InChI is InChI=1S/C10H15NO/c1-2-3-8-12-11-9-10-6-4-5-7-10/h1,9-10H,3-8H2. The van der Waals surface area contributed by atoms with E-state index in [9.17, 15) is 0 Å². The minimum absolute atomic E-state index is 0.541. The van der Waals surface area contributed by atoms with E-state index in [-0.39, 0.29) is 0 Å². The molecule has 0 saturated heterocycles. The molecule has 12 heavy (non-hydrogen) atoms. The lowest BCUT2D eigenvalue weighted by Gasteiger charge is -1.98. The van der Waals surface area contributed by atoms with Crippen molar-refractivity contribution in [3.8, 4) is 12.3 Å². The third-order valence-corrected chi connectivity index (χ3v) is 2.08. The highest BCUT2D eigenvalue weighted by Crippen LogP contribution is 2.22. The molecule has 0 aromatic carbocycles. The predicted molar refractivity (Wildman–Crippen MR) is 49.9 cm³/mol. The summed E-state index contributed by atoms with van der Waals surface area (Å²) in [5.74, 6) is 3.15. The molecule has 0 amide bonds. The molecule has 0 spiro atoms. The molecule has 1 aliphatic rings. The Labute approximate surface area is 74.0 Å². The Hall–Kier alpha value is -0.970. The van der Waals surface area contributed by atoms with Gasteiger partial charge in [0, 0.05) is 12.6 Å². The topological polar surface area (TPSA) is 21.6 Å². The van der Waals surface area contributed by atoms with Crippen LogP contribution in [0.15, 0.2) is 5.16 Å². The second-order valence-electron chi connectivity index (χ2n) is 3.09. The van der Waals surface area contributed by atoms with Crippen molar-refractivity contribution in [3.63, 3.8) is 0 Å². The Bertz CT molecular complexity index is 175. The van der Waals surface area contributed by atoms with Gasteiger partial charge in [0.2, 0.25) is 0 Å². The van der Waals surface area contributed by atoms with Gasteiger partial charge in [-0.25, -0.2) is 0 Å². The molecule has 0 aromatic rings. The minimum Gasteiger partial charge on any atom is -0.395 e. The maximum absolute atomic E-state index is 5.05. The second-order valence-corrected chi connectivity index (χ2v) is 3.09. The number of oxime groups is 1. The van der Waals surface area contributed by atoms with E-state index in [1.165, 1.54) is 25.7 Å². The first-order valence-electron chi connectivity index (χ1n) is 4.52. The Kier molecular flexibility index (Phi) is 4.30. The van der Waals surface area contributed by atoms with Crippen LogP contribution in [0, 0.1) is 18.3 Å². The molecule has 1 fully saturated rings. The van der Waals surface area contributed by atoms with Gasteiger partial charge in [-0.3, -0.25) is 0 Å². The van der Waals surface area contributed by atoms with Crippen LogP contribution in [0.1, 0.15) is 32.1 Å². The van der Waals surface area contributed by atoms with Gasteiger partial charge in [-0.15, -0.1) is 12.3 Å². The Morgan fingerprint density at radius 2 is 2.25 bits per heavy atom. The maximum Gasteiger partial charge on any atom is 0.128 e. The number of nitrogens with zero attached hydrogens (tertiary/aromatic N) is 1. The third-order valence-electron chi connectivity index (χ3n) is 2.08. The van der Waals surface area contributed by atoms with Crippen molar-refractivity contribution in [1.82, 2.24) is 0 Å². The second kappa shape index (κ2) is 5.65. The van der Waals surface area contributed by atoms with E-state index in [4.69, 9.17) is 11.3 Å². The first-order chi connectivity index (χ1) is 5.93. The van der Waals surface area contributed by atoms with Gasteiger partial charge in [0.05, 0.1) is 0 Å². The van der Waals surface area contributed by atoms with Crippen LogP contribution in [-0.4, -0.2) is 12.8 Å². The Morgan fingerprint density at radius 1 is 1.50 bits per heavy atom. The van der Waals surface area contributed by atoms with Crippen molar-refractivity contribution in [3.05, 3.63) is 0 Å². The van der Waals surface area contributed by atoms with E-state index in [1.54, 1.807) is 0 Å². The molecule has 2 heteroatoms. The molecule has 0 atom stereocenters. The Morgan fingerprint density at radius 3 is 2.92 bits per heavy atom. The fraction of sp³-hybridized carbons (Fsp3) is 0.700. The quantitative estimate of drug-likeness (QED) is 0.271. The van der Waals surface area contributed by atoms with Crippen LogP contribution in [0.3, 0.4) is 0 Å². The summed E-state index contributed by atoms with van der Waals surface area (Å²) in [7, 11) is 0. The zero-order valence-electron chi connectivity index (χ0n) is 7.33. The smallest absolute Gasteiger partial charge is 0.128 e. The summed E-state index contributed by atoms with van der Waals surface area (Å²) in [5, 5.41) is 3.87. The molecule has 2 nitrogen and oxygen atoms in total. The summed E-state index contributed by atoms with van der Waals surface area (Å²) < 4.78 is 0. The van der Waals surface area contributed by atoms with E-state index in [2.05, 4.69) is 11.1 Å². The molecule has 0 heterocycles. The zero-order chi connectivity index (χ0) is 8.65. The molecule has 66 valence electrons. The van der Waals surface area contributed by atoms with Gasteiger partial charge in [0.1, 0.15) is 6.61 Å². The molecule has 0 aromatic heterocycles. The third kappa shape index (κ3) is 3.43. The zero-order valence-corrected chi connectivity index (χ0v) is 7.33. The van der Waals surface area contributed by atoms with Crippen LogP contribution in [0.25, 0.3) is 0 Å². The highest BCUT2D eigenvalue weighted by Gasteiger charge is 2.11. The molecular weight excluding hydrogens is 150 g/mol. The molecule has 0 unspecified atom stereocenters. The molecule has 0 N–H and O–H groups in total. The van der Waals surface area contributed by atoms with Crippen LogP contribution >= 0.6 is 0 Å². The average molecular weight is 165 g/mol. The average Bonchev–Trinajstić information content (AvgIpc) is 2.57. The monoisotopic (exact) mass is 165 g/mol. The minimum atomic E-state index is 0.541. The van der Waals surface area contributed by atoms with E-state index in [0.29, 0.717) is 18.9 Å². The van der Waals surface area contributed by atoms with Gasteiger partial charge in [-0.05, 0) is 18.8 Å². The summed E-state index contributed by atoms with van der Waals surface area (Å²) in [4.78, 5) is 4.96. The SMILES string of the molecule is C#CCCON=CC1CCCC1. The molecule has 1 saturated carbocycles. The first kappa shape index (κ1) is 9.12. The maximum atomic E-state index is 5.05. The van der Waals surface area contributed by atoms with Crippen LogP contribution in [0.5, 0.6) is 0 Å². The summed E-state index contributed by atoms with van der Waals surface area (Å²) >= 11 is 0. The van der Waals surface area contributed by atoms with Crippen LogP contribution < -0.4 is 0 Å². The molecule has 1 aliphatic carbocycles. The van der Waals surface area contributed by atoms with Crippen molar-refractivity contribution in [1.29, 1.82) is 0 Å². The highest BCUT2D eigenvalue weighted by molar-refractivity contribution is 5.60. The van der Waals surface area contributed by atoms with Crippen LogP contribution in [-0.2, 0) is 4.84 Å². The highest BCUT2D eigenvalue weighted by atomic mass is 16.6. The van der Waals surface area contributed by atoms with Gasteiger partial charge >= 0.3 is 0 Å². The first-order valence-corrected chi connectivity index (χ1v) is 4.52. The summed E-state index contributed by atoms with van der Waals surface area (Å²) in [5.41, 5.74) is 0. The van der Waals surface area contributed by atoms with E-state index in [0.717, 1.165) is 0 Å². The number of hydrogen-bond acceptors (Lipinski definition) is 2. The van der Waals surface area contributed by atoms with Crippen molar-refractivity contribution < 1.29 is 4.84 Å².